The van der Waals surface area contributed by atoms with Crippen LogP contribution in [0.3, 0.4) is 0 Å². The Morgan fingerprint density at radius 1 is 1.10 bits per heavy atom. The van der Waals surface area contributed by atoms with E-state index in [0.717, 1.165) is 25.6 Å². The molecule has 3 rings (SSSR count). The molecule has 2 N–H and O–H groups in total. The quantitative estimate of drug-likeness (QED) is 0.831. The van der Waals surface area contributed by atoms with Gasteiger partial charge in [-0.2, -0.15) is 0 Å². The molecule has 3 heterocycles. The number of nitrogen functional groups attached to an aromatic ring is 1. The van der Waals surface area contributed by atoms with Crippen molar-refractivity contribution in [2.75, 3.05) is 35.2 Å². The molecule has 0 amide bonds. The summed E-state index contributed by atoms with van der Waals surface area (Å²) < 4.78 is 0. The van der Waals surface area contributed by atoms with Gasteiger partial charge in [0, 0.05) is 32.0 Å². The van der Waals surface area contributed by atoms with Gasteiger partial charge in [-0.15, -0.1) is 6.58 Å². The van der Waals surface area contributed by atoms with Crippen LogP contribution in [0.25, 0.3) is 0 Å². The van der Waals surface area contributed by atoms with Gasteiger partial charge in [-0.1, -0.05) is 6.08 Å². The highest BCUT2D eigenvalue weighted by molar-refractivity contribution is 5.43. The van der Waals surface area contributed by atoms with Gasteiger partial charge in [-0.05, 0) is 6.07 Å². The van der Waals surface area contributed by atoms with Crippen molar-refractivity contribution in [2.24, 2.45) is 0 Å². The van der Waals surface area contributed by atoms with Gasteiger partial charge >= 0.3 is 0 Å². The van der Waals surface area contributed by atoms with Crippen LogP contribution in [0.15, 0.2) is 43.5 Å². The van der Waals surface area contributed by atoms with Crippen LogP contribution in [-0.2, 0) is 0 Å². The van der Waals surface area contributed by atoms with Gasteiger partial charge in [0.25, 0.3) is 0 Å². The standard InChI is InChI=1S/C14H17N7/c1-2-12-10-20(13-16-4-3-5-17-13)6-7-21(12)14-18-8-11(15)9-19-14/h2-5,8-9,12H,1,6-7,10,15H2/t12-/m0/s1. The normalized spacial score (nSPS) is 18.6. The second kappa shape index (κ2) is 5.74. The van der Waals surface area contributed by atoms with Crippen molar-refractivity contribution < 1.29 is 0 Å². The summed E-state index contributed by atoms with van der Waals surface area (Å²) in [5.74, 6) is 1.41. The molecule has 2 aromatic heterocycles. The number of hydrogen-bond donors (Lipinski definition) is 1. The minimum Gasteiger partial charge on any atom is -0.396 e. The van der Waals surface area contributed by atoms with Crippen LogP contribution in [0.2, 0.25) is 0 Å². The monoisotopic (exact) mass is 283 g/mol. The van der Waals surface area contributed by atoms with Crippen molar-refractivity contribution in [1.29, 1.82) is 0 Å². The number of anilines is 3. The lowest BCUT2D eigenvalue weighted by Crippen LogP contribution is -2.53. The maximum Gasteiger partial charge on any atom is 0.226 e. The highest BCUT2D eigenvalue weighted by Gasteiger charge is 2.27. The van der Waals surface area contributed by atoms with Crippen LogP contribution >= 0.6 is 0 Å². The van der Waals surface area contributed by atoms with Crippen LogP contribution in [0.1, 0.15) is 0 Å². The molecule has 1 atom stereocenters. The minimum absolute atomic E-state index is 0.103. The molecular weight excluding hydrogens is 266 g/mol. The number of nitrogens with two attached hydrogens (primary N) is 1. The number of rotatable bonds is 3. The molecule has 0 aromatic carbocycles. The third kappa shape index (κ3) is 2.76. The largest absolute Gasteiger partial charge is 0.396 e. The minimum atomic E-state index is 0.103. The van der Waals surface area contributed by atoms with Crippen molar-refractivity contribution in [1.82, 2.24) is 19.9 Å². The molecule has 7 nitrogen and oxygen atoms in total. The van der Waals surface area contributed by atoms with Gasteiger partial charge in [-0.3, -0.25) is 0 Å². The molecule has 1 fully saturated rings. The molecule has 7 heteroatoms. The lowest BCUT2D eigenvalue weighted by atomic mass is 10.2. The van der Waals surface area contributed by atoms with E-state index in [4.69, 9.17) is 5.73 Å². The predicted molar refractivity (Wildman–Crippen MR) is 82.0 cm³/mol. The topological polar surface area (TPSA) is 84.1 Å². The van der Waals surface area contributed by atoms with Gasteiger partial charge in [0.2, 0.25) is 11.9 Å². The van der Waals surface area contributed by atoms with E-state index in [1.807, 2.05) is 12.1 Å². The maximum absolute atomic E-state index is 5.63. The van der Waals surface area contributed by atoms with E-state index in [9.17, 15) is 0 Å². The van der Waals surface area contributed by atoms with E-state index in [1.54, 1.807) is 24.8 Å². The Hall–Kier alpha value is -2.70. The molecule has 0 saturated carbocycles. The smallest absolute Gasteiger partial charge is 0.226 e. The SMILES string of the molecule is C=C[C@H]1CN(c2ncccn2)CCN1c1ncc(N)cn1. The molecule has 0 unspecified atom stereocenters. The zero-order valence-electron chi connectivity index (χ0n) is 11.6. The number of nitrogens with zero attached hydrogens (tertiary/aromatic N) is 6. The summed E-state index contributed by atoms with van der Waals surface area (Å²) >= 11 is 0. The third-order valence-corrected chi connectivity index (χ3v) is 3.44. The summed E-state index contributed by atoms with van der Waals surface area (Å²) in [4.78, 5) is 21.4. The highest BCUT2D eigenvalue weighted by Crippen LogP contribution is 2.19. The Balaban J connectivity index is 1.78. The van der Waals surface area contributed by atoms with Crippen molar-refractivity contribution in [3.8, 4) is 0 Å². The van der Waals surface area contributed by atoms with Gasteiger partial charge in [0.15, 0.2) is 0 Å². The van der Waals surface area contributed by atoms with Gasteiger partial charge in [0.05, 0.1) is 24.1 Å². The van der Waals surface area contributed by atoms with Gasteiger partial charge in [-0.25, -0.2) is 19.9 Å². The Bertz CT molecular complexity index is 598. The zero-order valence-corrected chi connectivity index (χ0v) is 11.6. The lowest BCUT2D eigenvalue weighted by molar-refractivity contribution is 0.565. The molecule has 1 aliphatic heterocycles. The number of hydrogen-bond acceptors (Lipinski definition) is 7. The van der Waals surface area contributed by atoms with E-state index in [0.29, 0.717) is 11.6 Å². The molecule has 1 saturated heterocycles. The van der Waals surface area contributed by atoms with Crippen molar-refractivity contribution in [2.45, 2.75) is 6.04 Å². The molecule has 0 aliphatic carbocycles. The molecule has 21 heavy (non-hydrogen) atoms. The Morgan fingerprint density at radius 2 is 1.81 bits per heavy atom. The fourth-order valence-electron chi connectivity index (χ4n) is 2.38. The third-order valence-electron chi connectivity index (χ3n) is 3.44. The maximum atomic E-state index is 5.63. The average molecular weight is 283 g/mol. The van der Waals surface area contributed by atoms with E-state index in [-0.39, 0.29) is 6.04 Å². The number of aromatic nitrogens is 4. The fraction of sp³-hybridized carbons (Fsp3) is 0.286. The van der Waals surface area contributed by atoms with E-state index < -0.39 is 0 Å². The van der Waals surface area contributed by atoms with Gasteiger partial charge < -0.3 is 15.5 Å². The first-order chi connectivity index (χ1) is 10.3. The molecule has 0 bridgehead atoms. The first-order valence-electron chi connectivity index (χ1n) is 6.76. The van der Waals surface area contributed by atoms with Crippen molar-refractivity contribution in [3.63, 3.8) is 0 Å². The average Bonchev–Trinajstić information content (AvgIpc) is 2.56. The Kier molecular flexibility index (Phi) is 3.63. The van der Waals surface area contributed by atoms with Crippen molar-refractivity contribution >= 4 is 17.6 Å². The summed E-state index contributed by atoms with van der Waals surface area (Å²) in [6.07, 6.45) is 8.64. The van der Waals surface area contributed by atoms with Crippen LogP contribution in [0.5, 0.6) is 0 Å². The number of piperazine rings is 1. The summed E-state index contributed by atoms with van der Waals surface area (Å²) in [7, 11) is 0. The lowest BCUT2D eigenvalue weighted by Gasteiger charge is -2.40. The first-order valence-corrected chi connectivity index (χ1v) is 6.76. The second-order valence-electron chi connectivity index (χ2n) is 4.81. The summed E-state index contributed by atoms with van der Waals surface area (Å²) in [5.41, 5.74) is 6.19. The highest BCUT2D eigenvalue weighted by atomic mass is 15.4. The predicted octanol–water partition coefficient (Wildman–Crippen LogP) is 0.730. The van der Waals surface area contributed by atoms with E-state index in [2.05, 4.69) is 36.3 Å². The van der Waals surface area contributed by atoms with Crippen molar-refractivity contribution in [3.05, 3.63) is 43.5 Å². The molecule has 0 radical (unpaired) electrons. The molecule has 108 valence electrons. The zero-order chi connectivity index (χ0) is 14.7. The molecule has 0 spiro atoms. The summed E-state index contributed by atoms with van der Waals surface area (Å²) in [6.45, 7) is 6.25. The van der Waals surface area contributed by atoms with Crippen LogP contribution in [0.4, 0.5) is 17.6 Å². The Morgan fingerprint density at radius 3 is 2.48 bits per heavy atom. The molecular formula is C14H17N7. The summed E-state index contributed by atoms with van der Waals surface area (Å²) in [6, 6.07) is 1.92. The van der Waals surface area contributed by atoms with E-state index in [1.165, 1.54) is 0 Å². The van der Waals surface area contributed by atoms with Crippen LogP contribution in [-0.4, -0.2) is 45.6 Å². The van der Waals surface area contributed by atoms with Gasteiger partial charge in [0.1, 0.15) is 0 Å². The Labute approximate surface area is 123 Å². The van der Waals surface area contributed by atoms with Crippen LogP contribution in [0, 0.1) is 0 Å². The molecule has 2 aromatic rings. The van der Waals surface area contributed by atoms with E-state index >= 15 is 0 Å². The van der Waals surface area contributed by atoms with Crippen LogP contribution < -0.4 is 15.5 Å². The first kappa shape index (κ1) is 13.3. The second-order valence-corrected chi connectivity index (χ2v) is 4.81. The summed E-state index contributed by atoms with van der Waals surface area (Å²) in [5, 5.41) is 0. The fourth-order valence-corrected chi connectivity index (χ4v) is 2.38. The molecule has 1 aliphatic rings.